The lowest BCUT2D eigenvalue weighted by Gasteiger charge is -2.19. The Morgan fingerprint density at radius 2 is 2.00 bits per heavy atom. The van der Waals surface area contributed by atoms with Gasteiger partial charge in [-0.3, -0.25) is 4.79 Å². The molecule has 0 aliphatic carbocycles. The number of nitrogens with two attached hydrogens (primary N) is 1. The zero-order valence-electron chi connectivity index (χ0n) is 9.70. The minimum Gasteiger partial charge on any atom is -0.405 e. The average Bonchev–Trinajstić information content (AvgIpc) is 2.28. The molecule has 0 unspecified atom stereocenters. The quantitative estimate of drug-likeness (QED) is 0.894. The maximum Gasteiger partial charge on any atom is 0.573 e. The molecule has 0 heterocycles. The maximum absolute atomic E-state index is 12.2. The molecule has 4 nitrogen and oxygen atoms in total. The van der Waals surface area contributed by atoms with Crippen molar-refractivity contribution in [1.82, 2.24) is 4.90 Å². The fourth-order valence-corrected chi connectivity index (χ4v) is 1.36. The number of benzene rings is 1. The van der Waals surface area contributed by atoms with Gasteiger partial charge in [0.05, 0.1) is 6.54 Å². The molecule has 0 saturated heterocycles. The highest BCUT2D eigenvalue weighted by Crippen LogP contribution is 2.26. The molecule has 18 heavy (non-hydrogen) atoms. The number of hydrogen-bond donors (Lipinski definition) is 1. The second kappa shape index (κ2) is 5.72. The molecule has 0 saturated carbocycles. The van der Waals surface area contributed by atoms with Crippen LogP contribution in [0.1, 0.15) is 5.56 Å². The van der Waals surface area contributed by atoms with E-state index < -0.39 is 6.36 Å². The molecule has 1 amide bonds. The van der Waals surface area contributed by atoms with Crippen LogP contribution in [-0.2, 0) is 11.3 Å². The van der Waals surface area contributed by atoms with Crippen molar-refractivity contribution in [3.05, 3.63) is 29.8 Å². The molecular weight excluding hydrogens is 249 g/mol. The van der Waals surface area contributed by atoms with Crippen LogP contribution in [0.25, 0.3) is 0 Å². The number of hydrogen-bond acceptors (Lipinski definition) is 3. The number of carbonyl (C=O) groups is 1. The van der Waals surface area contributed by atoms with Crippen molar-refractivity contribution in [1.29, 1.82) is 0 Å². The minimum atomic E-state index is -4.76. The molecule has 0 spiro atoms. The lowest BCUT2D eigenvalue weighted by molar-refractivity contribution is -0.274. The molecule has 0 bridgehead atoms. The fraction of sp³-hybridized carbons (Fsp3) is 0.364. The van der Waals surface area contributed by atoms with Crippen LogP contribution in [0.4, 0.5) is 13.2 Å². The van der Waals surface area contributed by atoms with Gasteiger partial charge < -0.3 is 15.4 Å². The standard InChI is InChI=1S/C11H13F3N2O2/c1-16(10(17)6-15)7-8-4-2-3-5-9(8)18-11(12,13)14/h2-5H,6-7,15H2,1H3. The van der Waals surface area contributed by atoms with Gasteiger partial charge in [0.1, 0.15) is 5.75 Å². The zero-order valence-corrected chi connectivity index (χ0v) is 9.70. The second-order valence-electron chi connectivity index (χ2n) is 3.61. The van der Waals surface area contributed by atoms with E-state index >= 15 is 0 Å². The van der Waals surface area contributed by atoms with E-state index in [-0.39, 0.29) is 30.3 Å². The Morgan fingerprint density at radius 3 is 2.56 bits per heavy atom. The van der Waals surface area contributed by atoms with Crippen molar-refractivity contribution < 1.29 is 22.7 Å². The first kappa shape index (κ1) is 14.3. The van der Waals surface area contributed by atoms with E-state index in [2.05, 4.69) is 4.74 Å². The number of likely N-dealkylation sites (N-methyl/N-ethyl adjacent to an activating group) is 1. The van der Waals surface area contributed by atoms with E-state index in [1.165, 1.54) is 30.1 Å². The number of ether oxygens (including phenoxy) is 1. The molecule has 0 aromatic heterocycles. The van der Waals surface area contributed by atoms with Crippen molar-refractivity contribution in [2.75, 3.05) is 13.6 Å². The van der Waals surface area contributed by atoms with Gasteiger partial charge >= 0.3 is 6.36 Å². The topological polar surface area (TPSA) is 55.6 Å². The second-order valence-corrected chi connectivity index (χ2v) is 3.61. The Hall–Kier alpha value is -1.76. The number of halogens is 3. The summed E-state index contributed by atoms with van der Waals surface area (Å²) in [5.41, 5.74) is 5.43. The van der Waals surface area contributed by atoms with Crippen molar-refractivity contribution in [2.24, 2.45) is 5.73 Å². The third kappa shape index (κ3) is 4.25. The van der Waals surface area contributed by atoms with Gasteiger partial charge in [0, 0.05) is 19.2 Å². The Morgan fingerprint density at radius 1 is 1.39 bits per heavy atom. The van der Waals surface area contributed by atoms with Crippen LogP contribution in [0.5, 0.6) is 5.75 Å². The predicted octanol–water partition coefficient (Wildman–Crippen LogP) is 1.50. The van der Waals surface area contributed by atoms with Crippen LogP contribution in [0, 0.1) is 0 Å². The van der Waals surface area contributed by atoms with Gasteiger partial charge in [0.15, 0.2) is 0 Å². The third-order valence-corrected chi connectivity index (χ3v) is 2.21. The van der Waals surface area contributed by atoms with Gasteiger partial charge in [-0.2, -0.15) is 0 Å². The van der Waals surface area contributed by atoms with Crippen LogP contribution < -0.4 is 10.5 Å². The van der Waals surface area contributed by atoms with Crippen LogP contribution in [-0.4, -0.2) is 30.8 Å². The minimum absolute atomic E-state index is 0.00227. The van der Waals surface area contributed by atoms with Crippen molar-refractivity contribution >= 4 is 5.91 Å². The van der Waals surface area contributed by atoms with E-state index in [0.717, 1.165) is 0 Å². The molecule has 0 aliphatic heterocycles. The highest BCUT2D eigenvalue weighted by atomic mass is 19.4. The molecule has 2 N–H and O–H groups in total. The number of amides is 1. The van der Waals surface area contributed by atoms with Gasteiger partial charge in [0.2, 0.25) is 5.91 Å². The number of carbonyl (C=O) groups excluding carboxylic acids is 1. The maximum atomic E-state index is 12.2. The van der Waals surface area contributed by atoms with Crippen molar-refractivity contribution in [2.45, 2.75) is 12.9 Å². The molecule has 0 atom stereocenters. The van der Waals surface area contributed by atoms with Crippen molar-refractivity contribution in [3.8, 4) is 5.75 Å². The highest BCUT2D eigenvalue weighted by Gasteiger charge is 2.32. The molecule has 0 fully saturated rings. The Balaban J connectivity index is 2.85. The normalized spacial score (nSPS) is 11.2. The van der Waals surface area contributed by atoms with E-state index in [0.29, 0.717) is 0 Å². The monoisotopic (exact) mass is 262 g/mol. The van der Waals surface area contributed by atoms with Crippen LogP contribution >= 0.6 is 0 Å². The third-order valence-electron chi connectivity index (χ3n) is 2.21. The zero-order chi connectivity index (χ0) is 13.8. The molecule has 1 rings (SSSR count). The van der Waals surface area contributed by atoms with E-state index in [9.17, 15) is 18.0 Å². The lowest BCUT2D eigenvalue weighted by Crippen LogP contribution is -2.32. The first-order valence-electron chi connectivity index (χ1n) is 5.11. The van der Waals surface area contributed by atoms with Crippen molar-refractivity contribution in [3.63, 3.8) is 0 Å². The molecule has 100 valence electrons. The summed E-state index contributed by atoms with van der Waals surface area (Å²) < 4.78 is 40.4. The van der Waals surface area contributed by atoms with E-state index in [1.54, 1.807) is 6.07 Å². The molecular formula is C11H13F3N2O2. The van der Waals surface area contributed by atoms with Crippen LogP contribution in [0.15, 0.2) is 24.3 Å². The summed E-state index contributed by atoms with van der Waals surface area (Å²) >= 11 is 0. The first-order valence-corrected chi connectivity index (χ1v) is 5.11. The average molecular weight is 262 g/mol. The van der Waals surface area contributed by atoms with Crippen LogP contribution in [0.2, 0.25) is 0 Å². The smallest absolute Gasteiger partial charge is 0.405 e. The van der Waals surface area contributed by atoms with Gasteiger partial charge in [0.25, 0.3) is 0 Å². The SMILES string of the molecule is CN(Cc1ccccc1OC(F)(F)F)C(=O)CN. The number of nitrogens with zero attached hydrogens (tertiary/aromatic N) is 1. The Bertz CT molecular complexity index is 421. The van der Waals surface area contributed by atoms with Gasteiger partial charge in [-0.25, -0.2) is 0 Å². The van der Waals surface area contributed by atoms with Crippen LogP contribution in [0.3, 0.4) is 0 Å². The predicted molar refractivity (Wildman–Crippen MR) is 58.7 cm³/mol. The largest absolute Gasteiger partial charge is 0.573 e. The molecule has 1 aromatic rings. The Labute approximate surface area is 102 Å². The number of rotatable bonds is 4. The number of para-hydroxylation sites is 1. The van der Waals surface area contributed by atoms with E-state index in [1.807, 2.05) is 0 Å². The summed E-state index contributed by atoms with van der Waals surface area (Å²) in [6.07, 6.45) is -4.76. The Kier molecular flexibility index (Phi) is 4.55. The summed E-state index contributed by atoms with van der Waals surface area (Å²) in [6, 6.07) is 5.65. The molecule has 7 heteroatoms. The highest BCUT2D eigenvalue weighted by molar-refractivity contribution is 5.77. The lowest BCUT2D eigenvalue weighted by atomic mass is 10.2. The fourth-order valence-electron chi connectivity index (χ4n) is 1.36. The first-order chi connectivity index (χ1) is 8.33. The van der Waals surface area contributed by atoms with Gasteiger partial charge in [-0.15, -0.1) is 13.2 Å². The number of alkyl halides is 3. The van der Waals surface area contributed by atoms with E-state index in [4.69, 9.17) is 5.73 Å². The van der Waals surface area contributed by atoms with Gasteiger partial charge in [-0.1, -0.05) is 18.2 Å². The van der Waals surface area contributed by atoms with Gasteiger partial charge in [-0.05, 0) is 6.07 Å². The summed E-state index contributed by atoms with van der Waals surface area (Å²) in [7, 11) is 1.46. The molecule has 0 radical (unpaired) electrons. The summed E-state index contributed by atoms with van der Waals surface area (Å²) in [4.78, 5) is 12.5. The summed E-state index contributed by atoms with van der Waals surface area (Å²) in [6.45, 7) is -0.193. The molecule has 0 aliphatic rings. The summed E-state index contributed by atoms with van der Waals surface area (Å²) in [5, 5.41) is 0. The summed E-state index contributed by atoms with van der Waals surface area (Å²) in [5.74, 6) is -0.682. The molecule has 1 aromatic carbocycles.